The van der Waals surface area contributed by atoms with E-state index in [0.29, 0.717) is 6.04 Å². The van der Waals surface area contributed by atoms with Crippen molar-refractivity contribution in [1.29, 1.82) is 0 Å². The molecule has 1 aromatic rings. The van der Waals surface area contributed by atoms with Crippen molar-refractivity contribution < 1.29 is 14.2 Å². The van der Waals surface area contributed by atoms with Crippen molar-refractivity contribution in [3.8, 4) is 11.5 Å². The van der Waals surface area contributed by atoms with Crippen molar-refractivity contribution in [2.24, 2.45) is 0 Å². The first kappa shape index (κ1) is 16.1. The zero-order chi connectivity index (χ0) is 15.1. The molecule has 0 aromatic heterocycles. The third kappa shape index (κ3) is 4.35. The van der Waals surface area contributed by atoms with E-state index in [4.69, 9.17) is 14.2 Å². The zero-order valence-corrected chi connectivity index (χ0v) is 13.3. The van der Waals surface area contributed by atoms with Gasteiger partial charge < -0.3 is 19.5 Å². The lowest BCUT2D eigenvalue weighted by molar-refractivity contribution is -0.107. The second-order valence-corrected chi connectivity index (χ2v) is 5.47. The van der Waals surface area contributed by atoms with Crippen molar-refractivity contribution >= 4 is 0 Å². The molecule has 3 atom stereocenters. The lowest BCUT2D eigenvalue weighted by Crippen LogP contribution is -2.61. The van der Waals surface area contributed by atoms with Crippen molar-refractivity contribution in [3.63, 3.8) is 0 Å². The summed E-state index contributed by atoms with van der Waals surface area (Å²) >= 11 is 0. The first-order valence-electron chi connectivity index (χ1n) is 7.94. The molecule has 1 aliphatic rings. The number of hydrogen-bond donors (Lipinski definition) is 1. The van der Waals surface area contributed by atoms with Crippen LogP contribution in [0.3, 0.4) is 0 Å². The van der Waals surface area contributed by atoms with Crippen LogP contribution >= 0.6 is 0 Å². The normalized spacial score (nSPS) is 24.4. The molecule has 1 aromatic carbocycles. The molecule has 1 aliphatic carbocycles. The van der Waals surface area contributed by atoms with E-state index in [1.54, 1.807) is 7.11 Å². The lowest BCUT2D eigenvalue weighted by Gasteiger charge is -2.44. The lowest BCUT2D eigenvalue weighted by atomic mass is 9.85. The Morgan fingerprint density at radius 2 is 2.00 bits per heavy atom. The van der Waals surface area contributed by atoms with Crippen molar-refractivity contribution in [1.82, 2.24) is 5.32 Å². The molecule has 1 fully saturated rings. The molecule has 1 saturated carbocycles. The fraction of sp³-hybridized carbons (Fsp3) is 0.647. The number of rotatable bonds is 9. The molecule has 0 saturated heterocycles. The van der Waals surface area contributed by atoms with E-state index >= 15 is 0 Å². The topological polar surface area (TPSA) is 39.7 Å². The minimum absolute atomic E-state index is 0.123. The number of nitrogens with one attached hydrogen (secondary N) is 1. The maximum Gasteiger partial charge on any atom is 0.128 e. The highest BCUT2D eigenvalue weighted by molar-refractivity contribution is 5.33. The van der Waals surface area contributed by atoms with Gasteiger partial charge in [0.05, 0.1) is 7.11 Å². The molecule has 118 valence electrons. The predicted octanol–water partition coefficient (Wildman–Crippen LogP) is 3.01. The summed E-state index contributed by atoms with van der Waals surface area (Å²) in [5, 5.41) is 3.54. The summed E-state index contributed by atoms with van der Waals surface area (Å²) in [5.74, 6) is 1.66. The van der Waals surface area contributed by atoms with Crippen LogP contribution in [0.5, 0.6) is 11.5 Å². The van der Waals surface area contributed by atoms with E-state index < -0.39 is 0 Å². The molecule has 2 rings (SSSR count). The minimum atomic E-state index is 0.123. The van der Waals surface area contributed by atoms with Gasteiger partial charge in [-0.2, -0.15) is 0 Å². The van der Waals surface area contributed by atoms with Crippen molar-refractivity contribution in [2.75, 3.05) is 20.3 Å². The second kappa shape index (κ2) is 8.25. The molecule has 0 amide bonds. The average molecular weight is 293 g/mol. The molecule has 1 N–H and O–H groups in total. The number of hydrogen-bond acceptors (Lipinski definition) is 4. The third-order valence-corrected chi connectivity index (χ3v) is 3.75. The molecule has 3 unspecified atom stereocenters. The molecule has 21 heavy (non-hydrogen) atoms. The largest absolute Gasteiger partial charge is 0.497 e. The molecule has 0 spiro atoms. The van der Waals surface area contributed by atoms with E-state index in [1.807, 2.05) is 24.3 Å². The molecular formula is C17H27NO3. The summed E-state index contributed by atoms with van der Waals surface area (Å²) in [6, 6.07) is 8.16. The summed E-state index contributed by atoms with van der Waals surface area (Å²) in [5.41, 5.74) is 0. The van der Waals surface area contributed by atoms with Gasteiger partial charge in [-0.1, -0.05) is 19.9 Å². The maximum atomic E-state index is 6.07. The van der Waals surface area contributed by atoms with E-state index in [2.05, 4.69) is 19.2 Å². The number of benzene rings is 1. The van der Waals surface area contributed by atoms with Gasteiger partial charge in [0.2, 0.25) is 0 Å². The first-order valence-corrected chi connectivity index (χ1v) is 7.94. The Balaban J connectivity index is 1.91. The van der Waals surface area contributed by atoms with Crippen LogP contribution in [0, 0.1) is 0 Å². The highest BCUT2D eigenvalue weighted by Crippen LogP contribution is 2.30. The molecule has 0 aliphatic heterocycles. The van der Waals surface area contributed by atoms with Gasteiger partial charge in [0, 0.05) is 25.1 Å². The smallest absolute Gasteiger partial charge is 0.128 e. The Kier molecular flexibility index (Phi) is 6.33. The minimum Gasteiger partial charge on any atom is -0.497 e. The second-order valence-electron chi connectivity index (χ2n) is 5.47. The van der Waals surface area contributed by atoms with Crippen LogP contribution in [0.25, 0.3) is 0 Å². The number of ether oxygens (including phenoxy) is 3. The molecule has 4 nitrogen and oxygen atoms in total. The molecule has 0 bridgehead atoms. The fourth-order valence-electron chi connectivity index (χ4n) is 2.55. The first-order chi connectivity index (χ1) is 10.3. The van der Waals surface area contributed by atoms with Gasteiger partial charge in [-0.3, -0.25) is 0 Å². The molecule has 0 radical (unpaired) electrons. The third-order valence-electron chi connectivity index (χ3n) is 3.75. The monoisotopic (exact) mass is 293 g/mol. The molecule has 0 heterocycles. The summed E-state index contributed by atoms with van der Waals surface area (Å²) in [7, 11) is 1.67. The van der Waals surface area contributed by atoms with Crippen LogP contribution in [-0.4, -0.2) is 38.5 Å². The van der Waals surface area contributed by atoms with Gasteiger partial charge in [0.1, 0.15) is 23.7 Å². The zero-order valence-electron chi connectivity index (χ0n) is 13.3. The molecule has 4 heteroatoms. The average Bonchev–Trinajstić information content (AvgIpc) is 2.50. The fourth-order valence-corrected chi connectivity index (χ4v) is 2.55. The number of methoxy groups -OCH3 is 1. The Hall–Kier alpha value is -1.26. The maximum absolute atomic E-state index is 6.07. The Bertz CT molecular complexity index is 424. The van der Waals surface area contributed by atoms with Crippen LogP contribution in [0.1, 0.15) is 33.1 Å². The summed E-state index contributed by atoms with van der Waals surface area (Å²) in [6.07, 6.45) is 3.42. The van der Waals surface area contributed by atoms with Crippen LogP contribution < -0.4 is 14.8 Å². The van der Waals surface area contributed by atoms with Gasteiger partial charge in [-0.15, -0.1) is 0 Å². The van der Waals surface area contributed by atoms with Gasteiger partial charge in [-0.05, 0) is 31.5 Å². The predicted molar refractivity (Wildman–Crippen MR) is 84.1 cm³/mol. The SMILES string of the molecule is CCCNC1CC(Oc2cccc(OC)c2)C1OCCC. The van der Waals surface area contributed by atoms with Crippen LogP contribution in [0.15, 0.2) is 24.3 Å². The van der Waals surface area contributed by atoms with Gasteiger partial charge in [-0.25, -0.2) is 0 Å². The Labute approximate surface area is 127 Å². The summed E-state index contributed by atoms with van der Waals surface area (Å²) < 4.78 is 17.3. The standard InChI is InChI=1S/C17H27NO3/c1-4-9-18-15-12-16(17(15)20-10-5-2)21-14-8-6-7-13(11-14)19-3/h6-8,11,15-18H,4-5,9-10,12H2,1-3H3. The summed E-state index contributed by atoms with van der Waals surface area (Å²) in [4.78, 5) is 0. The highest BCUT2D eigenvalue weighted by Gasteiger charge is 2.43. The summed E-state index contributed by atoms with van der Waals surface area (Å²) in [6.45, 7) is 6.12. The van der Waals surface area contributed by atoms with E-state index in [1.165, 1.54) is 0 Å². The Morgan fingerprint density at radius 3 is 2.71 bits per heavy atom. The quantitative estimate of drug-likeness (QED) is 0.760. The van der Waals surface area contributed by atoms with Crippen LogP contribution in [-0.2, 0) is 4.74 Å². The van der Waals surface area contributed by atoms with E-state index in [9.17, 15) is 0 Å². The molecular weight excluding hydrogens is 266 g/mol. The van der Waals surface area contributed by atoms with Crippen molar-refractivity contribution in [3.05, 3.63) is 24.3 Å². The van der Waals surface area contributed by atoms with Crippen molar-refractivity contribution in [2.45, 2.75) is 51.4 Å². The van der Waals surface area contributed by atoms with Crippen LogP contribution in [0.4, 0.5) is 0 Å². The van der Waals surface area contributed by atoms with Gasteiger partial charge in [0.25, 0.3) is 0 Å². The van der Waals surface area contributed by atoms with E-state index in [-0.39, 0.29) is 12.2 Å². The van der Waals surface area contributed by atoms with E-state index in [0.717, 1.165) is 43.9 Å². The van der Waals surface area contributed by atoms with Gasteiger partial charge in [0.15, 0.2) is 0 Å². The van der Waals surface area contributed by atoms with Crippen LogP contribution in [0.2, 0.25) is 0 Å². The van der Waals surface area contributed by atoms with Gasteiger partial charge >= 0.3 is 0 Å². The Morgan fingerprint density at radius 1 is 1.19 bits per heavy atom. The highest BCUT2D eigenvalue weighted by atomic mass is 16.5.